The second-order valence-electron chi connectivity index (χ2n) is 5.24. The van der Waals surface area contributed by atoms with E-state index in [0.717, 1.165) is 25.1 Å². The molecule has 0 saturated heterocycles. The lowest BCUT2D eigenvalue weighted by Crippen LogP contribution is -2.41. The maximum Gasteiger partial charge on any atom is 0.103 e. The molecule has 2 unspecified atom stereocenters. The molecule has 0 heterocycles. The second kappa shape index (κ2) is 7.63. The fourth-order valence-electron chi connectivity index (χ4n) is 2.39. The van der Waals surface area contributed by atoms with Crippen molar-refractivity contribution < 1.29 is 5.11 Å². The standard InChI is InChI=1S/C16H28N2O/c1-4-14(3)18(5-2)12-11-16(19,13-17)15-9-7-6-8-10-15/h6-10,14,19H,4-5,11-13,17H2,1-3H3. The van der Waals surface area contributed by atoms with Crippen LogP contribution in [-0.2, 0) is 5.60 Å². The molecule has 0 aliphatic carbocycles. The summed E-state index contributed by atoms with van der Waals surface area (Å²) in [6.45, 7) is 8.72. The zero-order valence-electron chi connectivity index (χ0n) is 12.5. The predicted molar refractivity (Wildman–Crippen MR) is 81.0 cm³/mol. The molecular weight excluding hydrogens is 236 g/mol. The zero-order valence-corrected chi connectivity index (χ0v) is 12.5. The molecule has 0 amide bonds. The first-order chi connectivity index (χ1) is 9.07. The van der Waals surface area contributed by atoms with Gasteiger partial charge in [-0.25, -0.2) is 0 Å². The Morgan fingerprint density at radius 2 is 1.89 bits per heavy atom. The van der Waals surface area contributed by atoms with Gasteiger partial charge in [0.2, 0.25) is 0 Å². The largest absolute Gasteiger partial charge is 0.384 e. The monoisotopic (exact) mass is 264 g/mol. The highest BCUT2D eigenvalue weighted by Crippen LogP contribution is 2.24. The van der Waals surface area contributed by atoms with Crippen LogP contribution in [0.3, 0.4) is 0 Å². The van der Waals surface area contributed by atoms with Crippen LogP contribution in [0.4, 0.5) is 0 Å². The summed E-state index contributed by atoms with van der Waals surface area (Å²) in [6, 6.07) is 10.3. The van der Waals surface area contributed by atoms with Crippen molar-refractivity contribution in [2.75, 3.05) is 19.6 Å². The average molecular weight is 264 g/mol. The molecule has 3 N–H and O–H groups in total. The van der Waals surface area contributed by atoms with E-state index >= 15 is 0 Å². The molecule has 108 valence electrons. The van der Waals surface area contributed by atoms with Crippen LogP contribution in [0.5, 0.6) is 0 Å². The molecule has 0 saturated carbocycles. The van der Waals surface area contributed by atoms with E-state index in [-0.39, 0.29) is 6.54 Å². The maximum absolute atomic E-state index is 10.7. The van der Waals surface area contributed by atoms with Gasteiger partial charge in [-0.05, 0) is 31.9 Å². The molecular formula is C16H28N2O. The van der Waals surface area contributed by atoms with Gasteiger partial charge in [0.1, 0.15) is 5.60 Å². The molecule has 0 radical (unpaired) electrons. The van der Waals surface area contributed by atoms with Gasteiger partial charge < -0.3 is 15.7 Å². The summed E-state index contributed by atoms with van der Waals surface area (Å²) in [4.78, 5) is 2.39. The number of rotatable bonds is 8. The predicted octanol–water partition coefficient (Wildman–Crippen LogP) is 2.34. The lowest BCUT2D eigenvalue weighted by Gasteiger charge is -2.33. The first-order valence-electron chi connectivity index (χ1n) is 7.29. The van der Waals surface area contributed by atoms with E-state index < -0.39 is 5.60 Å². The van der Waals surface area contributed by atoms with Crippen molar-refractivity contribution in [3.05, 3.63) is 35.9 Å². The molecule has 3 nitrogen and oxygen atoms in total. The zero-order chi connectivity index (χ0) is 14.3. The van der Waals surface area contributed by atoms with Crippen LogP contribution in [0.1, 0.15) is 39.2 Å². The molecule has 0 fully saturated rings. The quantitative estimate of drug-likeness (QED) is 0.758. The van der Waals surface area contributed by atoms with Gasteiger partial charge in [0.05, 0.1) is 0 Å². The van der Waals surface area contributed by atoms with Crippen molar-refractivity contribution in [2.24, 2.45) is 5.73 Å². The van der Waals surface area contributed by atoms with Gasteiger partial charge in [-0.1, -0.05) is 44.2 Å². The molecule has 0 aliphatic rings. The Balaban J connectivity index is 2.71. The summed E-state index contributed by atoms with van der Waals surface area (Å²) in [7, 11) is 0. The van der Waals surface area contributed by atoms with Crippen LogP contribution in [0, 0.1) is 0 Å². The number of nitrogens with two attached hydrogens (primary N) is 1. The summed E-state index contributed by atoms with van der Waals surface area (Å²) in [5.41, 5.74) is 5.81. The van der Waals surface area contributed by atoms with Crippen molar-refractivity contribution in [1.82, 2.24) is 4.90 Å². The van der Waals surface area contributed by atoms with Gasteiger partial charge in [0, 0.05) is 19.1 Å². The fourth-order valence-corrected chi connectivity index (χ4v) is 2.39. The van der Waals surface area contributed by atoms with E-state index in [1.54, 1.807) is 0 Å². The van der Waals surface area contributed by atoms with Gasteiger partial charge in [-0.15, -0.1) is 0 Å². The number of nitrogens with zero attached hydrogens (tertiary/aromatic N) is 1. The minimum absolute atomic E-state index is 0.259. The van der Waals surface area contributed by atoms with Crippen LogP contribution in [0.2, 0.25) is 0 Å². The van der Waals surface area contributed by atoms with E-state index in [0.29, 0.717) is 12.5 Å². The van der Waals surface area contributed by atoms with Gasteiger partial charge >= 0.3 is 0 Å². The first kappa shape index (κ1) is 16.2. The van der Waals surface area contributed by atoms with Crippen LogP contribution >= 0.6 is 0 Å². The highest BCUT2D eigenvalue weighted by molar-refractivity contribution is 5.22. The molecule has 3 heteroatoms. The fraction of sp³-hybridized carbons (Fsp3) is 0.625. The molecule has 1 aromatic carbocycles. The van der Waals surface area contributed by atoms with Crippen molar-refractivity contribution in [3.63, 3.8) is 0 Å². The van der Waals surface area contributed by atoms with Crippen molar-refractivity contribution in [2.45, 2.75) is 45.3 Å². The average Bonchev–Trinajstić information content (AvgIpc) is 2.48. The Morgan fingerprint density at radius 3 is 2.37 bits per heavy atom. The lowest BCUT2D eigenvalue weighted by molar-refractivity contribution is 0.0220. The molecule has 2 atom stereocenters. The Bertz CT molecular complexity index is 355. The molecule has 0 spiro atoms. The van der Waals surface area contributed by atoms with Crippen LogP contribution < -0.4 is 5.73 Å². The van der Waals surface area contributed by atoms with Crippen molar-refractivity contribution >= 4 is 0 Å². The van der Waals surface area contributed by atoms with Gasteiger partial charge in [0.15, 0.2) is 0 Å². The van der Waals surface area contributed by atoms with Crippen molar-refractivity contribution in [1.29, 1.82) is 0 Å². The maximum atomic E-state index is 10.7. The summed E-state index contributed by atoms with van der Waals surface area (Å²) in [6.07, 6.45) is 1.80. The Labute approximate surface area is 117 Å². The van der Waals surface area contributed by atoms with E-state index in [4.69, 9.17) is 5.73 Å². The van der Waals surface area contributed by atoms with E-state index in [1.165, 1.54) is 0 Å². The van der Waals surface area contributed by atoms with Crippen LogP contribution in [0.25, 0.3) is 0 Å². The lowest BCUT2D eigenvalue weighted by atomic mass is 9.90. The number of hydrogen-bond donors (Lipinski definition) is 2. The highest BCUT2D eigenvalue weighted by Gasteiger charge is 2.28. The number of benzene rings is 1. The third-order valence-electron chi connectivity index (χ3n) is 4.08. The summed E-state index contributed by atoms with van der Waals surface area (Å²) >= 11 is 0. The topological polar surface area (TPSA) is 49.5 Å². The Morgan fingerprint density at radius 1 is 1.26 bits per heavy atom. The third kappa shape index (κ3) is 4.30. The summed E-state index contributed by atoms with van der Waals surface area (Å²) in [5.74, 6) is 0. The molecule has 0 aromatic heterocycles. The Hall–Kier alpha value is -0.900. The normalized spacial score (nSPS) is 16.3. The minimum atomic E-state index is -0.915. The SMILES string of the molecule is CCC(C)N(CC)CCC(O)(CN)c1ccccc1. The van der Waals surface area contributed by atoms with E-state index in [2.05, 4.69) is 25.7 Å². The van der Waals surface area contributed by atoms with Crippen LogP contribution in [0.15, 0.2) is 30.3 Å². The molecule has 0 aliphatic heterocycles. The van der Waals surface area contributed by atoms with Gasteiger partial charge in [0.25, 0.3) is 0 Å². The smallest absolute Gasteiger partial charge is 0.103 e. The summed E-state index contributed by atoms with van der Waals surface area (Å²) < 4.78 is 0. The molecule has 1 aromatic rings. The van der Waals surface area contributed by atoms with Crippen LogP contribution in [-0.4, -0.2) is 35.7 Å². The van der Waals surface area contributed by atoms with Gasteiger partial charge in [-0.3, -0.25) is 0 Å². The van der Waals surface area contributed by atoms with E-state index in [1.807, 2.05) is 30.3 Å². The van der Waals surface area contributed by atoms with Crippen molar-refractivity contribution in [3.8, 4) is 0 Å². The number of aliphatic hydroxyl groups is 1. The third-order valence-corrected chi connectivity index (χ3v) is 4.08. The van der Waals surface area contributed by atoms with E-state index in [9.17, 15) is 5.11 Å². The number of hydrogen-bond acceptors (Lipinski definition) is 3. The summed E-state index contributed by atoms with van der Waals surface area (Å²) in [5, 5.41) is 10.7. The minimum Gasteiger partial charge on any atom is -0.384 e. The highest BCUT2D eigenvalue weighted by atomic mass is 16.3. The molecule has 1 rings (SSSR count). The second-order valence-corrected chi connectivity index (χ2v) is 5.24. The van der Waals surface area contributed by atoms with Gasteiger partial charge in [-0.2, -0.15) is 0 Å². The molecule has 19 heavy (non-hydrogen) atoms. The molecule has 0 bridgehead atoms. The Kier molecular flexibility index (Phi) is 6.49. The first-order valence-corrected chi connectivity index (χ1v) is 7.29.